The SMILES string of the molecule is O=C(CC1=CCCC=C1)N=C=S. The molecule has 0 radical (unpaired) electrons. The summed E-state index contributed by atoms with van der Waals surface area (Å²) < 4.78 is 0. The second kappa shape index (κ2) is 4.75. The second-order valence-corrected chi connectivity index (χ2v) is 2.71. The Morgan fingerprint density at radius 1 is 1.67 bits per heavy atom. The summed E-state index contributed by atoms with van der Waals surface area (Å²) in [6, 6.07) is 0. The van der Waals surface area contributed by atoms with E-state index in [0.29, 0.717) is 6.42 Å². The van der Waals surface area contributed by atoms with Crippen molar-refractivity contribution < 1.29 is 4.79 Å². The van der Waals surface area contributed by atoms with Crippen LogP contribution in [0.15, 0.2) is 28.8 Å². The zero-order valence-corrected chi connectivity index (χ0v) is 7.43. The van der Waals surface area contributed by atoms with Crippen LogP contribution >= 0.6 is 12.2 Å². The average Bonchev–Trinajstić information content (AvgIpc) is 2.06. The summed E-state index contributed by atoms with van der Waals surface area (Å²) in [5, 5.41) is 2.06. The summed E-state index contributed by atoms with van der Waals surface area (Å²) in [6.45, 7) is 0. The minimum absolute atomic E-state index is 0.220. The van der Waals surface area contributed by atoms with E-state index in [1.165, 1.54) is 0 Å². The van der Waals surface area contributed by atoms with Gasteiger partial charge in [-0.15, -0.1) is 0 Å². The molecule has 0 spiro atoms. The molecule has 2 nitrogen and oxygen atoms in total. The van der Waals surface area contributed by atoms with Gasteiger partial charge in [0, 0.05) is 0 Å². The molecule has 0 saturated carbocycles. The third-order valence-electron chi connectivity index (χ3n) is 1.60. The van der Waals surface area contributed by atoms with Gasteiger partial charge in [0.15, 0.2) is 0 Å². The van der Waals surface area contributed by atoms with Crippen molar-refractivity contribution in [2.45, 2.75) is 19.3 Å². The lowest BCUT2D eigenvalue weighted by atomic mass is 10.0. The molecule has 1 amide bonds. The van der Waals surface area contributed by atoms with Crippen molar-refractivity contribution >= 4 is 23.3 Å². The largest absolute Gasteiger partial charge is 0.271 e. The molecule has 0 bridgehead atoms. The second-order valence-electron chi connectivity index (χ2n) is 2.53. The van der Waals surface area contributed by atoms with Crippen LogP contribution in [0.4, 0.5) is 0 Å². The van der Waals surface area contributed by atoms with Crippen molar-refractivity contribution in [1.82, 2.24) is 0 Å². The van der Waals surface area contributed by atoms with Crippen molar-refractivity contribution in [3.63, 3.8) is 0 Å². The predicted molar refractivity (Wildman–Crippen MR) is 51.1 cm³/mol. The Kier molecular flexibility index (Phi) is 3.58. The molecule has 0 aromatic heterocycles. The lowest BCUT2D eigenvalue weighted by Gasteiger charge is -2.02. The van der Waals surface area contributed by atoms with Gasteiger partial charge in [-0.05, 0) is 30.6 Å². The van der Waals surface area contributed by atoms with Crippen LogP contribution in [0, 0.1) is 0 Å². The van der Waals surface area contributed by atoms with Crippen molar-refractivity contribution in [2.75, 3.05) is 0 Å². The fraction of sp³-hybridized carbons (Fsp3) is 0.333. The Balaban J connectivity index is 2.50. The van der Waals surface area contributed by atoms with E-state index in [1.807, 2.05) is 6.08 Å². The lowest BCUT2D eigenvalue weighted by Crippen LogP contribution is -1.95. The van der Waals surface area contributed by atoms with E-state index in [0.717, 1.165) is 18.4 Å². The number of isothiocyanates is 1. The predicted octanol–water partition coefficient (Wildman–Crippen LogP) is 2.28. The molecule has 0 heterocycles. The maximum atomic E-state index is 10.9. The molecule has 0 unspecified atom stereocenters. The van der Waals surface area contributed by atoms with E-state index in [-0.39, 0.29) is 5.91 Å². The standard InChI is InChI=1S/C9H9NOS/c11-9(10-7-12)6-8-4-2-1-3-5-8/h2,4-5H,1,3,6H2. The van der Waals surface area contributed by atoms with Crippen molar-refractivity contribution in [1.29, 1.82) is 0 Å². The van der Waals surface area contributed by atoms with E-state index in [9.17, 15) is 4.79 Å². The molecule has 0 saturated heterocycles. The summed E-state index contributed by atoms with van der Waals surface area (Å²) in [4.78, 5) is 14.3. The van der Waals surface area contributed by atoms with Gasteiger partial charge in [0.05, 0.1) is 11.6 Å². The molecule has 0 aliphatic heterocycles. The molecule has 62 valence electrons. The minimum atomic E-state index is -0.220. The van der Waals surface area contributed by atoms with Crippen LogP contribution in [-0.2, 0) is 4.79 Å². The molecule has 1 rings (SSSR count). The molecule has 0 N–H and O–H groups in total. The number of thiocarbonyl (C=S) groups is 1. The van der Waals surface area contributed by atoms with Gasteiger partial charge in [-0.2, -0.15) is 4.99 Å². The molecule has 12 heavy (non-hydrogen) atoms. The first-order valence-electron chi connectivity index (χ1n) is 3.79. The maximum absolute atomic E-state index is 10.9. The molecule has 0 aromatic carbocycles. The smallest absolute Gasteiger partial charge is 0.258 e. The van der Waals surface area contributed by atoms with E-state index < -0.39 is 0 Å². The molecule has 0 atom stereocenters. The lowest BCUT2D eigenvalue weighted by molar-refractivity contribution is -0.117. The van der Waals surface area contributed by atoms with E-state index in [2.05, 4.69) is 34.5 Å². The molecule has 1 aliphatic carbocycles. The Morgan fingerprint density at radius 3 is 3.08 bits per heavy atom. The third kappa shape index (κ3) is 2.91. The Hall–Kier alpha value is -1.05. The zero-order chi connectivity index (χ0) is 8.81. The molecule has 0 fully saturated rings. The Labute approximate surface area is 76.7 Å². The van der Waals surface area contributed by atoms with E-state index in [1.54, 1.807) is 0 Å². The fourth-order valence-corrected chi connectivity index (χ4v) is 1.17. The van der Waals surface area contributed by atoms with Crippen LogP contribution in [0.2, 0.25) is 0 Å². The number of nitrogens with zero attached hydrogens (tertiary/aromatic N) is 1. The highest BCUT2D eigenvalue weighted by Crippen LogP contribution is 2.13. The van der Waals surface area contributed by atoms with Crippen LogP contribution in [0.3, 0.4) is 0 Å². The Bertz CT molecular complexity index is 285. The molecular weight excluding hydrogens is 170 g/mol. The first-order chi connectivity index (χ1) is 5.83. The number of hydrogen-bond acceptors (Lipinski definition) is 2. The average molecular weight is 179 g/mol. The molecule has 1 aliphatic rings. The highest BCUT2D eigenvalue weighted by Gasteiger charge is 2.02. The fourth-order valence-electron chi connectivity index (χ4n) is 1.06. The Morgan fingerprint density at radius 2 is 2.50 bits per heavy atom. The summed E-state index contributed by atoms with van der Waals surface area (Å²) in [5.74, 6) is -0.220. The zero-order valence-electron chi connectivity index (χ0n) is 6.62. The number of hydrogen-bond donors (Lipinski definition) is 0. The van der Waals surface area contributed by atoms with Gasteiger partial charge in [-0.25, -0.2) is 0 Å². The van der Waals surface area contributed by atoms with Gasteiger partial charge in [0.1, 0.15) is 0 Å². The van der Waals surface area contributed by atoms with Crippen LogP contribution < -0.4 is 0 Å². The number of allylic oxidation sites excluding steroid dienone is 3. The van der Waals surface area contributed by atoms with Crippen molar-refractivity contribution in [2.24, 2.45) is 4.99 Å². The number of aliphatic imine (C=N–C) groups is 1. The number of carbonyl (C=O) groups is 1. The number of carbonyl (C=O) groups excluding carboxylic acids is 1. The summed E-state index contributed by atoms with van der Waals surface area (Å²) in [7, 11) is 0. The highest BCUT2D eigenvalue weighted by molar-refractivity contribution is 7.78. The normalized spacial score (nSPS) is 14.8. The van der Waals surface area contributed by atoms with Gasteiger partial charge in [0.25, 0.3) is 5.91 Å². The maximum Gasteiger partial charge on any atom is 0.258 e. The monoisotopic (exact) mass is 179 g/mol. The van der Waals surface area contributed by atoms with Crippen molar-refractivity contribution in [3.8, 4) is 0 Å². The van der Waals surface area contributed by atoms with Crippen LogP contribution in [-0.4, -0.2) is 11.1 Å². The third-order valence-corrected chi connectivity index (χ3v) is 1.69. The first-order valence-corrected chi connectivity index (χ1v) is 4.20. The van der Waals surface area contributed by atoms with Crippen LogP contribution in [0.1, 0.15) is 19.3 Å². The van der Waals surface area contributed by atoms with Gasteiger partial charge in [-0.3, -0.25) is 4.79 Å². The van der Waals surface area contributed by atoms with Crippen LogP contribution in [0.5, 0.6) is 0 Å². The molecule has 3 heteroatoms. The topological polar surface area (TPSA) is 29.4 Å². The van der Waals surface area contributed by atoms with E-state index >= 15 is 0 Å². The van der Waals surface area contributed by atoms with Gasteiger partial charge < -0.3 is 0 Å². The highest BCUT2D eigenvalue weighted by atomic mass is 32.1. The summed E-state index contributed by atoms with van der Waals surface area (Å²) in [6.07, 6.45) is 8.50. The van der Waals surface area contributed by atoms with Gasteiger partial charge >= 0.3 is 0 Å². The minimum Gasteiger partial charge on any atom is -0.271 e. The van der Waals surface area contributed by atoms with Gasteiger partial charge in [0.2, 0.25) is 0 Å². The van der Waals surface area contributed by atoms with Crippen molar-refractivity contribution in [3.05, 3.63) is 23.8 Å². The van der Waals surface area contributed by atoms with E-state index in [4.69, 9.17) is 0 Å². The number of rotatable bonds is 2. The van der Waals surface area contributed by atoms with Crippen LogP contribution in [0.25, 0.3) is 0 Å². The summed E-state index contributed by atoms with van der Waals surface area (Å²) in [5.41, 5.74) is 1.03. The quantitative estimate of drug-likeness (QED) is 0.480. The molecular formula is C9H9NOS. The number of amides is 1. The molecule has 0 aromatic rings. The summed E-state index contributed by atoms with van der Waals surface area (Å²) >= 11 is 4.32. The van der Waals surface area contributed by atoms with Gasteiger partial charge in [-0.1, -0.05) is 18.2 Å². The first kappa shape index (κ1) is 9.04.